The summed E-state index contributed by atoms with van der Waals surface area (Å²) in [5.74, 6) is 0. The summed E-state index contributed by atoms with van der Waals surface area (Å²) in [7, 11) is 0. The molecule has 9 aromatic rings. The van der Waals surface area contributed by atoms with E-state index in [9.17, 15) is 5.26 Å². The van der Waals surface area contributed by atoms with Gasteiger partial charge >= 0.3 is 0 Å². The Balaban J connectivity index is 1.44. The van der Waals surface area contributed by atoms with E-state index < -0.39 is 0 Å². The summed E-state index contributed by atoms with van der Waals surface area (Å²) in [5.41, 5.74) is 8.64. The Morgan fingerprint density at radius 3 is 1.70 bits per heavy atom. The average Bonchev–Trinajstić information content (AvgIpc) is 3.72. The van der Waals surface area contributed by atoms with Gasteiger partial charge in [0.2, 0.25) is 0 Å². The van der Waals surface area contributed by atoms with Crippen molar-refractivity contribution in [2.75, 3.05) is 0 Å². The third-order valence-corrected chi connectivity index (χ3v) is 8.51. The monoisotopic (exact) mass is 548 g/mol. The number of fused-ring (bicyclic) bond motifs is 11. The number of nitriles is 1. The maximum absolute atomic E-state index is 9.69. The van der Waals surface area contributed by atoms with E-state index in [1.54, 1.807) is 6.07 Å². The molecule has 0 saturated carbocycles. The predicted molar refractivity (Wildman–Crippen MR) is 173 cm³/mol. The molecule has 6 aromatic carbocycles. The Morgan fingerprint density at radius 2 is 1.12 bits per heavy atom. The van der Waals surface area contributed by atoms with Crippen LogP contribution in [0.3, 0.4) is 0 Å². The normalized spacial score (nSPS) is 11.7. The summed E-state index contributed by atoms with van der Waals surface area (Å²) < 4.78 is 11.4. The Labute approximate surface area is 245 Å². The van der Waals surface area contributed by atoms with Crippen molar-refractivity contribution in [2.45, 2.75) is 0 Å². The standard InChI is InChI=1S/C38H20N4O/c1-40-24-19-23(22-39)20-26(21-24)42-32-14-8-6-12-30(32)36-34(42)18-16-28-27-15-17-33-35(37(27)43-38(28)36)29-11-5-7-13-31(29)41(33)25-9-3-2-4-10-25/h2-21H. The SMILES string of the molecule is [C-]#[N+]c1cc(C#N)cc(-n2c3ccccc3c3c4oc5c(ccc6c5c5ccccc5n6-c5ccccc5)c4ccc32)c1. The molecule has 0 amide bonds. The van der Waals surface area contributed by atoms with Crippen LogP contribution < -0.4 is 0 Å². The Hall–Kier alpha value is -6.30. The van der Waals surface area contributed by atoms with Gasteiger partial charge in [0.05, 0.1) is 45.5 Å². The summed E-state index contributed by atoms with van der Waals surface area (Å²) in [6.07, 6.45) is 0. The fourth-order valence-electron chi connectivity index (χ4n) is 6.78. The van der Waals surface area contributed by atoms with Crippen LogP contribution in [-0.4, -0.2) is 9.13 Å². The fraction of sp³-hybridized carbons (Fsp3) is 0. The first-order valence-electron chi connectivity index (χ1n) is 14.0. The van der Waals surface area contributed by atoms with Gasteiger partial charge in [0.1, 0.15) is 11.2 Å². The predicted octanol–water partition coefficient (Wildman–Crippen LogP) is 10.2. The number of para-hydroxylation sites is 3. The highest BCUT2D eigenvalue weighted by molar-refractivity contribution is 6.28. The molecule has 0 N–H and O–H groups in total. The highest BCUT2D eigenvalue weighted by Crippen LogP contribution is 2.44. The zero-order valence-electron chi connectivity index (χ0n) is 22.7. The van der Waals surface area contributed by atoms with E-state index >= 15 is 0 Å². The van der Waals surface area contributed by atoms with E-state index in [1.807, 2.05) is 30.3 Å². The number of furan rings is 1. The van der Waals surface area contributed by atoms with Crippen LogP contribution >= 0.6 is 0 Å². The maximum Gasteiger partial charge on any atom is 0.190 e. The summed E-state index contributed by atoms with van der Waals surface area (Å²) in [6, 6.07) is 43.3. The van der Waals surface area contributed by atoms with Gasteiger partial charge in [-0.15, -0.1) is 0 Å². The van der Waals surface area contributed by atoms with Crippen molar-refractivity contribution in [3.05, 3.63) is 138 Å². The van der Waals surface area contributed by atoms with Crippen LogP contribution in [0, 0.1) is 17.9 Å². The second-order valence-electron chi connectivity index (χ2n) is 10.8. The van der Waals surface area contributed by atoms with Gasteiger partial charge in [-0.2, -0.15) is 5.26 Å². The molecule has 0 saturated heterocycles. The maximum atomic E-state index is 9.69. The van der Waals surface area contributed by atoms with Crippen molar-refractivity contribution in [3.8, 4) is 17.4 Å². The third-order valence-electron chi connectivity index (χ3n) is 8.51. The van der Waals surface area contributed by atoms with E-state index in [0.29, 0.717) is 11.3 Å². The summed E-state index contributed by atoms with van der Waals surface area (Å²) >= 11 is 0. The average molecular weight is 549 g/mol. The molecule has 3 aromatic heterocycles. The van der Waals surface area contributed by atoms with E-state index in [2.05, 4.69) is 105 Å². The Kier molecular flexibility index (Phi) is 4.68. The van der Waals surface area contributed by atoms with Crippen LogP contribution in [0.2, 0.25) is 0 Å². The first kappa shape index (κ1) is 23.4. The third kappa shape index (κ3) is 3.14. The minimum Gasteiger partial charge on any atom is -0.455 e. The molecule has 0 aliphatic heterocycles. The van der Waals surface area contributed by atoms with Gasteiger partial charge in [0.15, 0.2) is 5.69 Å². The first-order valence-corrected chi connectivity index (χ1v) is 14.0. The lowest BCUT2D eigenvalue weighted by Crippen LogP contribution is -1.94. The van der Waals surface area contributed by atoms with Gasteiger partial charge in [-0.05, 0) is 66.7 Å². The number of aromatic nitrogens is 2. The minimum atomic E-state index is 0.432. The summed E-state index contributed by atoms with van der Waals surface area (Å²) in [4.78, 5) is 3.63. The second-order valence-corrected chi connectivity index (χ2v) is 10.8. The fourth-order valence-corrected chi connectivity index (χ4v) is 6.78. The highest BCUT2D eigenvalue weighted by Gasteiger charge is 2.22. The lowest BCUT2D eigenvalue weighted by atomic mass is 10.1. The molecule has 0 radical (unpaired) electrons. The molecule has 0 fully saturated rings. The number of nitrogens with zero attached hydrogens (tertiary/aromatic N) is 4. The molecule has 5 heteroatoms. The number of hydrogen-bond acceptors (Lipinski definition) is 2. The smallest absolute Gasteiger partial charge is 0.190 e. The van der Waals surface area contributed by atoms with Crippen LogP contribution in [0.25, 0.3) is 81.8 Å². The molecule has 0 aliphatic carbocycles. The zero-order valence-corrected chi connectivity index (χ0v) is 22.7. The van der Waals surface area contributed by atoms with E-state index in [1.165, 1.54) is 0 Å². The van der Waals surface area contributed by atoms with Gasteiger partial charge in [0, 0.05) is 38.5 Å². The molecule has 0 atom stereocenters. The van der Waals surface area contributed by atoms with Crippen molar-refractivity contribution < 1.29 is 4.42 Å². The topological polar surface area (TPSA) is 51.1 Å². The van der Waals surface area contributed by atoms with Gasteiger partial charge in [-0.3, -0.25) is 0 Å². The molecule has 9 rings (SSSR count). The van der Waals surface area contributed by atoms with Crippen LogP contribution in [0.4, 0.5) is 5.69 Å². The van der Waals surface area contributed by atoms with Crippen LogP contribution in [0.1, 0.15) is 5.56 Å². The summed E-state index contributed by atoms with van der Waals surface area (Å²) in [6.45, 7) is 7.60. The molecule has 0 bridgehead atoms. The second kappa shape index (κ2) is 8.60. The number of rotatable bonds is 2. The van der Waals surface area contributed by atoms with Crippen LogP contribution in [-0.2, 0) is 0 Å². The van der Waals surface area contributed by atoms with Crippen molar-refractivity contribution in [1.29, 1.82) is 5.26 Å². The lowest BCUT2D eigenvalue weighted by molar-refractivity contribution is 0.677. The van der Waals surface area contributed by atoms with E-state index in [0.717, 1.165) is 76.9 Å². The van der Waals surface area contributed by atoms with Crippen molar-refractivity contribution in [3.63, 3.8) is 0 Å². The molecule has 0 spiro atoms. The Morgan fingerprint density at radius 1 is 0.558 bits per heavy atom. The molecule has 43 heavy (non-hydrogen) atoms. The van der Waals surface area contributed by atoms with E-state index in [4.69, 9.17) is 11.0 Å². The summed E-state index contributed by atoms with van der Waals surface area (Å²) in [5, 5.41) is 16.1. The molecule has 5 nitrogen and oxygen atoms in total. The van der Waals surface area contributed by atoms with Crippen LogP contribution in [0.5, 0.6) is 0 Å². The van der Waals surface area contributed by atoms with Gasteiger partial charge in [-0.25, -0.2) is 4.85 Å². The van der Waals surface area contributed by atoms with Gasteiger partial charge in [-0.1, -0.05) is 54.6 Å². The van der Waals surface area contributed by atoms with Gasteiger partial charge < -0.3 is 13.6 Å². The molecule has 3 heterocycles. The minimum absolute atomic E-state index is 0.432. The first-order chi connectivity index (χ1) is 21.2. The quantitative estimate of drug-likeness (QED) is 0.202. The largest absolute Gasteiger partial charge is 0.455 e. The van der Waals surface area contributed by atoms with Gasteiger partial charge in [0.25, 0.3) is 0 Å². The van der Waals surface area contributed by atoms with Crippen molar-refractivity contribution in [2.24, 2.45) is 0 Å². The molecule has 0 unspecified atom stereocenters. The Bertz CT molecular complexity index is 2660. The molecular formula is C38H20N4O. The van der Waals surface area contributed by atoms with Crippen molar-refractivity contribution in [1.82, 2.24) is 9.13 Å². The van der Waals surface area contributed by atoms with Crippen molar-refractivity contribution >= 4 is 71.2 Å². The molecule has 0 aliphatic rings. The zero-order chi connectivity index (χ0) is 28.7. The van der Waals surface area contributed by atoms with E-state index in [-0.39, 0.29) is 0 Å². The van der Waals surface area contributed by atoms with Crippen LogP contribution in [0.15, 0.2) is 126 Å². The molecule has 198 valence electrons. The highest BCUT2D eigenvalue weighted by atomic mass is 16.3. The lowest BCUT2D eigenvalue weighted by Gasteiger charge is -2.09. The molecular weight excluding hydrogens is 528 g/mol. The number of benzene rings is 6. The number of hydrogen-bond donors (Lipinski definition) is 0.